The van der Waals surface area contributed by atoms with Crippen molar-refractivity contribution >= 4 is 11.8 Å². The molecule has 2 nitrogen and oxygen atoms in total. The Morgan fingerprint density at radius 1 is 1.40 bits per heavy atom. The van der Waals surface area contributed by atoms with Gasteiger partial charge in [0.15, 0.2) is 0 Å². The molecular weight excluding hydrogens is 280 g/mol. The summed E-state index contributed by atoms with van der Waals surface area (Å²) in [5.74, 6) is -0.389. The highest BCUT2D eigenvalue weighted by molar-refractivity contribution is 7.99. The van der Waals surface area contributed by atoms with Crippen molar-refractivity contribution in [2.75, 3.05) is 12.4 Å². The van der Waals surface area contributed by atoms with Crippen LogP contribution in [0.4, 0.5) is 8.78 Å². The number of benzene rings is 1. The van der Waals surface area contributed by atoms with E-state index in [0.29, 0.717) is 17.7 Å². The van der Waals surface area contributed by atoms with E-state index >= 15 is 0 Å². The monoisotopic (exact) mass is 301 g/mol. The van der Waals surface area contributed by atoms with Crippen molar-refractivity contribution in [1.82, 2.24) is 0 Å². The third kappa shape index (κ3) is 4.17. The van der Waals surface area contributed by atoms with Crippen LogP contribution in [0.15, 0.2) is 17.0 Å². The molecule has 2 rings (SSSR count). The molecule has 1 heterocycles. The van der Waals surface area contributed by atoms with E-state index in [9.17, 15) is 8.78 Å². The second-order valence-electron chi connectivity index (χ2n) is 5.21. The molecular formula is C15H21F2NOS. The summed E-state index contributed by atoms with van der Waals surface area (Å²) in [5, 5.41) is 0. The summed E-state index contributed by atoms with van der Waals surface area (Å²) < 4.78 is 33.5. The van der Waals surface area contributed by atoms with E-state index in [2.05, 4.69) is 0 Å². The van der Waals surface area contributed by atoms with Crippen LogP contribution >= 0.6 is 11.8 Å². The van der Waals surface area contributed by atoms with Crippen molar-refractivity contribution < 1.29 is 13.5 Å². The zero-order valence-electron chi connectivity index (χ0n) is 11.7. The molecule has 1 saturated heterocycles. The summed E-state index contributed by atoms with van der Waals surface area (Å²) in [7, 11) is 0. The van der Waals surface area contributed by atoms with Crippen molar-refractivity contribution in [3.8, 4) is 0 Å². The Balaban J connectivity index is 2.01. The Hall–Kier alpha value is -0.650. The molecule has 1 fully saturated rings. The first kappa shape index (κ1) is 15.7. The summed E-state index contributed by atoms with van der Waals surface area (Å²) >= 11 is 1.20. The summed E-state index contributed by atoms with van der Waals surface area (Å²) in [6.45, 7) is 2.72. The molecule has 0 radical (unpaired) electrons. The van der Waals surface area contributed by atoms with Gasteiger partial charge in [-0.3, -0.25) is 0 Å². The zero-order valence-corrected chi connectivity index (χ0v) is 12.5. The van der Waals surface area contributed by atoms with Crippen LogP contribution in [0.1, 0.15) is 31.7 Å². The highest BCUT2D eigenvalue weighted by Crippen LogP contribution is 2.29. The zero-order chi connectivity index (χ0) is 14.5. The molecule has 112 valence electrons. The average Bonchev–Trinajstić information content (AvgIpc) is 2.90. The first-order chi connectivity index (χ1) is 9.60. The fourth-order valence-electron chi connectivity index (χ4n) is 2.27. The predicted molar refractivity (Wildman–Crippen MR) is 78.0 cm³/mol. The van der Waals surface area contributed by atoms with Gasteiger partial charge in [-0.2, -0.15) is 0 Å². The van der Waals surface area contributed by atoms with Gasteiger partial charge >= 0.3 is 0 Å². The third-order valence-electron chi connectivity index (χ3n) is 3.52. The number of rotatable bonds is 6. The maximum atomic E-state index is 14.0. The van der Waals surface area contributed by atoms with Gasteiger partial charge in [0.1, 0.15) is 11.6 Å². The molecule has 1 aliphatic heterocycles. The normalized spacial score (nSPS) is 20.3. The Morgan fingerprint density at radius 3 is 2.65 bits per heavy atom. The fourth-order valence-corrected chi connectivity index (χ4v) is 3.28. The number of hydrogen-bond acceptors (Lipinski definition) is 3. The van der Waals surface area contributed by atoms with Crippen LogP contribution in [0.25, 0.3) is 0 Å². The molecule has 1 aliphatic rings. The quantitative estimate of drug-likeness (QED) is 0.817. The van der Waals surface area contributed by atoms with Crippen molar-refractivity contribution in [3.63, 3.8) is 0 Å². The minimum Gasteiger partial charge on any atom is -0.377 e. The van der Waals surface area contributed by atoms with Gasteiger partial charge in [-0.1, -0.05) is 6.92 Å². The van der Waals surface area contributed by atoms with Gasteiger partial charge in [-0.05, 0) is 43.4 Å². The SMILES string of the molecule is CCC(N)Cc1cc(F)c(SCC2CCCO2)c(F)c1. The molecule has 0 aromatic heterocycles. The van der Waals surface area contributed by atoms with Gasteiger partial charge in [0, 0.05) is 18.4 Å². The van der Waals surface area contributed by atoms with Gasteiger partial charge < -0.3 is 10.5 Å². The largest absolute Gasteiger partial charge is 0.377 e. The molecule has 20 heavy (non-hydrogen) atoms. The maximum absolute atomic E-state index is 14.0. The molecule has 5 heteroatoms. The molecule has 0 amide bonds. The van der Waals surface area contributed by atoms with Crippen molar-refractivity contribution in [2.45, 2.75) is 49.6 Å². The molecule has 2 unspecified atom stereocenters. The maximum Gasteiger partial charge on any atom is 0.140 e. The number of ether oxygens (including phenoxy) is 1. The Kier molecular flexibility index (Phi) is 5.81. The van der Waals surface area contributed by atoms with E-state index in [0.717, 1.165) is 25.9 Å². The summed E-state index contributed by atoms with van der Waals surface area (Å²) in [6.07, 6.45) is 3.41. The van der Waals surface area contributed by atoms with Crippen LogP contribution in [0, 0.1) is 11.6 Å². The van der Waals surface area contributed by atoms with Crippen LogP contribution in [0.3, 0.4) is 0 Å². The molecule has 0 aliphatic carbocycles. The number of halogens is 2. The van der Waals surface area contributed by atoms with Gasteiger partial charge in [0.05, 0.1) is 11.0 Å². The van der Waals surface area contributed by atoms with Gasteiger partial charge in [0.25, 0.3) is 0 Å². The average molecular weight is 301 g/mol. The van der Waals surface area contributed by atoms with Crippen LogP contribution in [0.2, 0.25) is 0 Å². The molecule has 2 atom stereocenters. The Labute approximate surface area is 123 Å². The van der Waals surface area contributed by atoms with E-state index < -0.39 is 11.6 Å². The molecule has 2 N–H and O–H groups in total. The minimum atomic E-state index is -0.494. The molecule has 0 bridgehead atoms. The molecule has 0 spiro atoms. The lowest BCUT2D eigenvalue weighted by atomic mass is 10.0. The number of thioether (sulfide) groups is 1. The predicted octanol–water partition coefficient (Wildman–Crippen LogP) is 3.52. The molecule has 0 saturated carbocycles. The number of hydrogen-bond donors (Lipinski definition) is 1. The minimum absolute atomic E-state index is 0.0563. The fraction of sp³-hybridized carbons (Fsp3) is 0.600. The Morgan fingerprint density at radius 2 is 2.10 bits per heavy atom. The summed E-state index contributed by atoms with van der Waals surface area (Å²) in [6, 6.07) is 2.74. The van der Waals surface area contributed by atoms with E-state index in [1.54, 1.807) is 0 Å². The summed E-state index contributed by atoms with van der Waals surface area (Å²) in [4.78, 5) is 0.0920. The molecule has 1 aromatic carbocycles. The van der Waals surface area contributed by atoms with Crippen molar-refractivity contribution in [3.05, 3.63) is 29.3 Å². The first-order valence-corrected chi connectivity index (χ1v) is 8.06. The van der Waals surface area contributed by atoms with Crippen molar-refractivity contribution in [1.29, 1.82) is 0 Å². The van der Waals surface area contributed by atoms with E-state index in [1.807, 2.05) is 6.92 Å². The standard InChI is InChI=1S/C15H21F2NOS/c1-2-11(18)6-10-7-13(16)15(14(17)8-10)20-9-12-4-3-5-19-12/h7-8,11-12H,2-6,9,18H2,1H3. The van der Waals surface area contributed by atoms with Gasteiger partial charge in [-0.25, -0.2) is 8.78 Å². The highest BCUT2D eigenvalue weighted by Gasteiger charge is 2.19. The van der Waals surface area contributed by atoms with Gasteiger partial charge in [0.2, 0.25) is 0 Å². The smallest absolute Gasteiger partial charge is 0.140 e. The first-order valence-electron chi connectivity index (χ1n) is 7.08. The van der Waals surface area contributed by atoms with E-state index in [1.165, 1.54) is 23.9 Å². The molecule has 1 aromatic rings. The lowest BCUT2D eigenvalue weighted by molar-refractivity contribution is 0.129. The summed E-state index contributed by atoms with van der Waals surface area (Å²) in [5.41, 5.74) is 6.44. The second-order valence-corrected chi connectivity index (χ2v) is 6.24. The van der Waals surface area contributed by atoms with Gasteiger partial charge in [-0.15, -0.1) is 11.8 Å². The highest BCUT2D eigenvalue weighted by atomic mass is 32.2. The lowest BCUT2D eigenvalue weighted by Crippen LogP contribution is -2.21. The van der Waals surface area contributed by atoms with E-state index in [-0.39, 0.29) is 17.0 Å². The third-order valence-corrected chi connectivity index (χ3v) is 4.74. The van der Waals surface area contributed by atoms with Crippen molar-refractivity contribution in [2.24, 2.45) is 5.73 Å². The van der Waals surface area contributed by atoms with Crippen LogP contribution in [0.5, 0.6) is 0 Å². The van der Waals surface area contributed by atoms with Crippen LogP contribution in [-0.2, 0) is 11.2 Å². The number of nitrogens with two attached hydrogens (primary N) is 1. The second kappa shape index (κ2) is 7.38. The topological polar surface area (TPSA) is 35.2 Å². The van der Waals surface area contributed by atoms with Crippen LogP contribution < -0.4 is 5.73 Å². The van der Waals surface area contributed by atoms with Crippen LogP contribution in [-0.4, -0.2) is 24.5 Å². The lowest BCUT2D eigenvalue weighted by Gasteiger charge is -2.13. The van der Waals surface area contributed by atoms with E-state index in [4.69, 9.17) is 10.5 Å². The Bertz CT molecular complexity index is 426.